The van der Waals surface area contributed by atoms with Crippen molar-refractivity contribution in [1.29, 1.82) is 0 Å². The number of hydrogen-bond donors (Lipinski definition) is 0. The molecule has 0 saturated carbocycles. The van der Waals surface area contributed by atoms with Crippen molar-refractivity contribution in [1.82, 2.24) is 4.98 Å². The monoisotopic (exact) mass is 290 g/mol. The zero-order valence-corrected chi connectivity index (χ0v) is 14.6. The van der Waals surface area contributed by atoms with Crippen LogP contribution in [-0.2, 0) is 0 Å². The largest absolute Gasteiger partial charge is 0.363 e. The van der Waals surface area contributed by atoms with E-state index in [2.05, 4.69) is 50.0 Å². The van der Waals surface area contributed by atoms with Gasteiger partial charge in [0.25, 0.3) is 0 Å². The van der Waals surface area contributed by atoms with Crippen molar-refractivity contribution in [2.75, 3.05) is 19.0 Å². The highest BCUT2D eigenvalue weighted by molar-refractivity contribution is 5.47. The van der Waals surface area contributed by atoms with Crippen molar-refractivity contribution in [2.24, 2.45) is 0 Å². The second-order valence-electron chi connectivity index (χ2n) is 6.35. The van der Waals surface area contributed by atoms with Crippen LogP contribution >= 0.6 is 0 Å². The lowest BCUT2D eigenvalue weighted by atomic mass is 9.88. The molecule has 0 aliphatic rings. The summed E-state index contributed by atoms with van der Waals surface area (Å²) in [5.41, 5.74) is 1.45. The van der Waals surface area contributed by atoms with Crippen molar-refractivity contribution >= 4 is 5.82 Å². The molecule has 0 fully saturated rings. The number of nitrogens with zero attached hydrogens (tertiary/aromatic N) is 2. The highest BCUT2D eigenvalue weighted by Crippen LogP contribution is 2.33. The summed E-state index contributed by atoms with van der Waals surface area (Å²) < 4.78 is 0. The topological polar surface area (TPSA) is 16.1 Å². The Kier molecular flexibility index (Phi) is 9.12. The average molecular weight is 290 g/mol. The number of aromatic nitrogens is 1. The van der Waals surface area contributed by atoms with Gasteiger partial charge in [0, 0.05) is 20.3 Å². The van der Waals surface area contributed by atoms with Crippen LogP contribution in [0.4, 0.5) is 5.82 Å². The molecule has 0 aliphatic heterocycles. The maximum absolute atomic E-state index is 4.60. The molecule has 1 rings (SSSR count). The second kappa shape index (κ2) is 10.6. The van der Waals surface area contributed by atoms with Gasteiger partial charge in [-0.15, -0.1) is 0 Å². The summed E-state index contributed by atoms with van der Waals surface area (Å²) >= 11 is 0. The van der Waals surface area contributed by atoms with Gasteiger partial charge in [-0.2, -0.15) is 0 Å². The molecule has 0 aromatic carbocycles. The normalized spacial score (nSPS) is 12.4. The molecule has 0 bridgehead atoms. The Morgan fingerprint density at radius 1 is 0.952 bits per heavy atom. The van der Waals surface area contributed by atoms with Crippen LogP contribution < -0.4 is 4.90 Å². The number of rotatable bonds is 11. The van der Waals surface area contributed by atoms with Crippen molar-refractivity contribution < 1.29 is 0 Å². The summed E-state index contributed by atoms with van der Waals surface area (Å²) in [6, 6.07) is 4.39. The SMILES string of the molecule is CCCCCCC(CCCCC)c1cccnc1N(C)C. The Hall–Kier alpha value is -1.05. The van der Waals surface area contributed by atoms with Crippen LogP contribution in [0.2, 0.25) is 0 Å². The van der Waals surface area contributed by atoms with E-state index in [1.807, 2.05) is 6.20 Å². The maximum Gasteiger partial charge on any atom is 0.131 e. The molecule has 1 aromatic rings. The molecule has 0 N–H and O–H groups in total. The van der Waals surface area contributed by atoms with E-state index >= 15 is 0 Å². The van der Waals surface area contributed by atoms with Crippen molar-refractivity contribution in [2.45, 2.75) is 77.6 Å². The molecule has 0 radical (unpaired) electrons. The van der Waals surface area contributed by atoms with Crippen LogP contribution in [0.3, 0.4) is 0 Å². The highest BCUT2D eigenvalue weighted by Gasteiger charge is 2.16. The third kappa shape index (κ3) is 6.50. The van der Waals surface area contributed by atoms with Gasteiger partial charge in [0.15, 0.2) is 0 Å². The minimum atomic E-state index is 0.680. The van der Waals surface area contributed by atoms with Crippen LogP contribution in [0.1, 0.15) is 83.1 Å². The summed E-state index contributed by atoms with van der Waals surface area (Å²) in [4.78, 5) is 6.76. The van der Waals surface area contributed by atoms with Gasteiger partial charge >= 0.3 is 0 Å². The molecule has 1 atom stereocenters. The third-order valence-corrected chi connectivity index (χ3v) is 4.24. The number of hydrogen-bond acceptors (Lipinski definition) is 2. The van der Waals surface area contributed by atoms with E-state index in [1.165, 1.54) is 63.4 Å². The minimum absolute atomic E-state index is 0.680. The van der Waals surface area contributed by atoms with Gasteiger partial charge in [0.05, 0.1) is 0 Å². The predicted octanol–water partition coefficient (Wildman–Crippen LogP) is 5.78. The molecule has 0 aliphatic carbocycles. The van der Waals surface area contributed by atoms with E-state index in [9.17, 15) is 0 Å². The first kappa shape index (κ1) is 18.0. The van der Waals surface area contributed by atoms with Gasteiger partial charge in [-0.3, -0.25) is 0 Å². The standard InChI is InChI=1S/C19H34N2/c1-5-7-9-11-14-17(13-10-8-6-2)18-15-12-16-20-19(18)21(3)4/h12,15-17H,5-11,13-14H2,1-4H3. The molecule has 21 heavy (non-hydrogen) atoms. The molecular weight excluding hydrogens is 256 g/mol. The van der Waals surface area contributed by atoms with Crippen LogP contribution in [0.5, 0.6) is 0 Å². The van der Waals surface area contributed by atoms with Crippen molar-refractivity contribution in [3.8, 4) is 0 Å². The van der Waals surface area contributed by atoms with Gasteiger partial charge in [0.2, 0.25) is 0 Å². The molecule has 2 heteroatoms. The van der Waals surface area contributed by atoms with Crippen LogP contribution in [0, 0.1) is 0 Å². The summed E-state index contributed by atoms with van der Waals surface area (Å²) in [7, 11) is 4.21. The Labute approximate surface area is 132 Å². The van der Waals surface area contributed by atoms with Crippen molar-refractivity contribution in [3.05, 3.63) is 23.9 Å². The fraction of sp³-hybridized carbons (Fsp3) is 0.737. The molecule has 1 unspecified atom stereocenters. The first-order chi connectivity index (χ1) is 10.2. The van der Waals surface area contributed by atoms with Gasteiger partial charge in [0.1, 0.15) is 5.82 Å². The zero-order valence-electron chi connectivity index (χ0n) is 14.6. The molecule has 2 nitrogen and oxygen atoms in total. The van der Waals surface area contributed by atoms with Crippen LogP contribution in [0.15, 0.2) is 18.3 Å². The van der Waals surface area contributed by atoms with Crippen LogP contribution in [0.25, 0.3) is 0 Å². The van der Waals surface area contributed by atoms with E-state index in [4.69, 9.17) is 0 Å². The Bertz CT molecular complexity index is 374. The minimum Gasteiger partial charge on any atom is -0.363 e. The lowest BCUT2D eigenvalue weighted by Crippen LogP contribution is -2.15. The summed E-state index contributed by atoms with van der Waals surface area (Å²) in [5, 5.41) is 0. The van der Waals surface area contributed by atoms with Gasteiger partial charge in [-0.1, -0.05) is 64.9 Å². The Morgan fingerprint density at radius 2 is 1.57 bits per heavy atom. The van der Waals surface area contributed by atoms with E-state index in [0.717, 1.165) is 5.82 Å². The predicted molar refractivity (Wildman–Crippen MR) is 94.2 cm³/mol. The third-order valence-electron chi connectivity index (χ3n) is 4.24. The van der Waals surface area contributed by atoms with Crippen LogP contribution in [-0.4, -0.2) is 19.1 Å². The average Bonchev–Trinajstić information content (AvgIpc) is 2.50. The molecule has 0 spiro atoms. The summed E-state index contributed by atoms with van der Waals surface area (Å²) in [6.45, 7) is 4.57. The van der Waals surface area contributed by atoms with E-state index < -0.39 is 0 Å². The first-order valence-corrected chi connectivity index (χ1v) is 8.82. The van der Waals surface area contributed by atoms with E-state index in [0.29, 0.717) is 5.92 Å². The van der Waals surface area contributed by atoms with E-state index in [-0.39, 0.29) is 0 Å². The number of unbranched alkanes of at least 4 members (excludes halogenated alkanes) is 5. The summed E-state index contributed by atoms with van der Waals surface area (Å²) in [5.74, 6) is 1.84. The second-order valence-corrected chi connectivity index (χ2v) is 6.35. The molecule has 1 aromatic heterocycles. The van der Waals surface area contributed by atoms with Crippen molar-refractivity contribution in [3.63, 3.8) is 0 Å². The molecule has 1 heterocycles. The molecular formula is C19H34N2. The van der Waals surface area contributed by atoms with Gasteiger partial charge in [-0.25, -0.2) is 4.98 Å². The van der Waals surface area contributed by atoms with Gasteiger partial charge < -0.3 is 4.90 Å². The lowest BCUT2D eigenvalue weighted by Gasteiger charge is -2.23. The highest BCUT2D eigenvalue weighted by atomic mass is 15.1. The first-order valence-electron chi connectivity index (χ1n) is 8.82. The summed E-state index contributed by atoms with van der Waals surface area (Å²) in [6.07, 6.45) is 14.0. The fourth-order valence-corrected chi connectivity index (χ4v) is 3.02. The molecule has 120 valence electrons. The molecule has 0 amide bonds. The molecule has 0 saturated heterocycles. The maximum atomic E-state index is 4.60. The Balaban J connectivity index is 2.74. The Morgan fingerprint density at radius 3 is 2.19 bits per heavy atom. The fourth-order valence-electron chi connectivity index (χ4n) is 3.02. The smallest absolute Gasteiger partial charge is 0.131 e. The number of anilines is 1. The van der Waals surface area contributed by atoms with E-state index in [1.54, 1.807) is 0 Å². The van der Waals surface area contributed by atoms with Gasteiger partial charge in [-0.05, 0) is 30.4 Å². The number of pyridine rings is 1. The lowest BCUT2D eigenvalue weighted by molar-refractivity contribution is 0.500. The zero-order chi connectivity index (χ0) is 15.5. The quantitative estimate of drug-likeness (QED) is 0.480.